The molecule has 8 heterocycles. The maximum absolute atomic E-state index is 13.1. The molecular formula is C57H51F6N16O2Pd-. The van der Waals surface area contributed by atoms with Crippen LogP contribution in [0.1, 0.15) is 84.4 Å². The first-order chi connectivity index (χ1) is 38.1. The van der Waals surface area contributed by atoms with Crippen molar-refractivity contribution < 1.29 is 51.5 Å². The molecule has 0 saturated heterocycles. The molecule has 8 aromatic heterocycles. The molecule has 2 fully saturated rings. The Kier molecular flexibility index (Phi) is 16.5. The van der Waals surface area contributed by atoms with Crippen molar-refractivity contribution in [3.05, 3.63) is 186 Å². The Bertz CT molecular complexity index is 4090. The van der Waals surface area contributed by atoms with Crippen LogP contribution in [0.5, 0.6) is 5.88 Å². The van der Waals surface area contributed by atoms with E-state index < -0.39 is 23.7 Å². The van der Waals surface area contributed by atoms with Gasteiger partial charge in [0.05, 0.1) is 54.0 Å². The third-order valence-electron chi connectivity index (χ3n) is 13.5. The third kappa shape index (κ3) is 12.1. The molecule has 0 unspecified atom stereocenters. The van der Waals surface area contributed by atoms with Crippen LogP contribution in [0.2, 0.25) is 0 Å². The molecule has 3 aromatic carbocycles. The zero-order chi connectivity index (χ0) is 54.6. The molecule has 11 aromatic rings. The van der Waals surface area contributed by atoms with Gasteiger partial charge in [0, 0.05) is 82.3 Å². The number of nitrogens with zero attached hydrogens (tertiary/aromatic N) is 15. The van der Waals surface area contributed by atoms with Crippen LogP contribution in [-0.4, -0.2) is 78.5 Å². The Balaban J connectivity index is 0.000000193. The average Bonchev–Trinajstić information content (AvgIpc) is 4.01. The van der Waals surface area contributed by atoms with E-state index in [2.05, 4.69) is 55.1 Å². The zero-order valence-electron chi connectivity index (χ0n) is 43.3. The van der Waals surface area contributed by atoms with Gasteiger partial charge >= 0.3 is 12.4 Å². The third-order valence-corrected chi connectivity index (χ3v) is 13.5. The number of fused-ring (bicyclic) bond motifs is 2. The van der Waals surface area contributed by atoms with E-state index >= 15 is 0 Å². The van der Waals surface area contributed by atoms with Gasteiger partial charge in [-0.1, -0.05) is 86.3 Å². The first kappa shape index (κ1) is 57.9. The summed E-state index contributed by atoms with van der Waals surface area (Å²) in [6.07, 6.45) is 6.63. The molecule has 0 atom stereocenters. The minimum atomic E-state index is -4.50. The van der Waals surface area contributed by atoms with Crippen LogP contribution in [-0.2, 0) is 66.6 Å². The van der Waals surface area contributed by atoms with Crippen molar-refractivity contribution in [2.45, 2.75) is 77.0 Å². The number of ether oxygens (including phenoxy) is 1. The number of aromatic nitrogens is 16. The van der Waals surface area contributed by atoms with Gasteiger partial charge in [-0.2, -0.15) is 36.5 Å². The molecule has 0 radical (unpaired) electrons. The number of aryl methyl sites for hydroxylation is 2. The summed E-state index contributed by atoms with van der Waals surface area (Å²) in [5, 5.41) is 10.4. The second-order valence-electron chi connectivity index (χ2n) is 19.3. The minimum Gasteiger partial charge on any atom is -0.472 e. The summed E-state index contributed by atoms with van der Waals surface area (Å²) in [6.45, 7) is 1.11. The number of imidazole rings is 2. The first-order valence-electron chi connectivity index (χ1n) is 25.0. The Morgan fingerprint density at radius 3 is 1.52 bits per heavy atom. The van der Waals surface area contributed by atoms with Crippen molar-refractivity contribution >= 4 is 22.1 Å². The number of nitrogens with one attached hydrogen (secondary N) is 1. The molecule has 0 bridgehead atoms. The summed E-state index contributed by atoms with van der Waals surface area (Å²) in [4.78, 5) is 54.7. The summed E-state index contributed by atoms with van der Waals surface area (Å²) < 4.78 is 90.7. The molecule has 2 aliphatic rings. The second kappa shape index (κ2) is 23.3. The monoisotopic (exact) mass is 1210 g/mol. The van der Waals surface area contributed by atoms with E-state index in [1.54, 1.807) is 65.5 Å². The van der Waals surface area contributed by atoms with Crippen LogP contribution in [0.3, 0.4) is 0 Å². The molecule has 18 nitrogen and oxygen atoms in total. The van der Waals surface area contributed by atoms with Gasteiger partial charge < -0.3 is 26.3 Å². The van der Waals surface area contributed by atoms with Gasteiger partial charge in [0.2, 0.25) is 5.88 Å². The molecule has 13 rings (SSSR count). The molecule has 2 saturated carbocycles. The van der Waals surface area contributed by atoms with E-state index in [-0.39, 0.29) is 58.4 Å². The van der Waals surface area contributed by atoms with Gasteiger partial charge in [-0.15, -0.1) is 0 Å². The van der Waals surface area contributed by atoms with Gasteiger partial charge in [-0.25, -0.2) is 54.2 Å². The second-order valence-corrected chi connectivity index (χ2v) is 19.3. The van der Waals surface area contributed by atoms with Gasteiger partial charge in [0.15, 0.2) is 34.3 Å². The average molecular weight is 1210 g/mol. The van der Waals surface area contributed by atoms with E-state index in [4.69, 9.17) is 9.72 Å². The number of alkyl halides is 6. The van der Waals surface area contributed by atoms with Crippen LogP contribution in [0, 0.1) is 7.43 Å². The van der Waals surface area contributed by atoms with Gasteiger partial charge in [0.1, 0.15) is 35.7 Å². The fraction of sp³-hybridized carbons (Fsp3) is 0.246. The number of aromatic amines is 1. The summed E-state index contributed by atoms with van der Waals surface area (Å²) in [6, 6.07) is 24.1. The summed E-state index contributed by atoms with van der Waals surface area (Å²) in [7, 11) is 3.07. The summed E-state index contributed by atoms with van der Waals surface area (Å²) in [5.41, 5.74) is 5.65. The van der Waals surface area contributed by atoms with Crippen molar-refractivity contribution in [2.75, 3.05) is 0 Å². The van der Waals surface area contributed by atoms with E-state index in [1.165, 1.54) is 28.8 Å². The topological polar surface area (TPSA) is 204 Å². The predicted molar refractivity (Wildman–Crippen MR) is 289 cm³/mol. The molecule has 0 aliphatic heterocycles. The van der Waals surface area contributed by atoms with Crippen LogP contribution in [0.15, 0.2) is 133 Å². The maximum Gasteiger partial charge on any atom is 0.434 e. The Hall–Kier alpha value is -8.82. The Morgan fingerprint density at radius 1 is 0.585 bits per heavy atom. The molecule has 424 valence electrons. The maximum atomic E-state index is 13.1. The fourth-order valence-electron chi connectivity index (χ4n) is 9.20. The number of rotatable bonds is 13. The van der Waals surface area contributed by atoms with Crippen LogP contribution in [0.25, 0.3) is 67.6 Å². The van der Waals surface area contributed by atoms with Crippen LogP contribution >= 0.6 is 0 Å². The van der Waals surface area contributed by atoms with Gasteiger partial charge in [-0.05, 0) is 42.4 Å². The number of benzene rings is 3. The largest absolute Gasteiger partial charge is 0.472 e. The van der Waals surface area contributed by atoms with E-state index in [9.17, 15) is 31.1 Å². The van der Waals surface area contributed by atoms with Crippen LogP contribution in [0.4, 0.5) is 26.3 Å². The molecule has 25 heteroatoms. The zero-order valence-corrected chi connectivity index (χ0v) is 44.9. The first-order valence-corrected chi connectivity index (χ1v) is 25.0. The van der Waals surface area contributed by atoms with Crippen molar-refractivity contribution in [2.24, 2.45) is 14.1 Å². The van der Waals surface area contributed by atoms with E-state index in [0.717, 1.165) is 71.2 Å². The molecular weight excluding hydrogens is 1160 g/mol. The normalized spacial score (nSPS) is 13.2. The van der Waals surface area contributed by atoms with Crippen molar-refractivity contribution in [1.29, 1.82) is 0 Å². The quantitative estimate of drug-likeness (QED) is 0.0649. The molecule has 2 aliphatic carbocycles. The predicted octanol–water partition coefficient (Wildman–Crippen LogP) is 11.2. The summed E-state index contributed by atoms with van der Waals surface area (Å²) >= 11 is 0. The molecule has 0 spiro atoms. The number of hydrogen-bond acceptors (Lipinski definition) is 13. The molecule has 0 amide bonds. The van der Waals surface area contributed by atoms with Gasteiger partial charge in [0.25, 0.3) is 5.56 Å². The molecule has 1 N–H and O–H groups in total. The smallest absolute Gasteiger partial charge is 0.434 e. The van der Waals surface area contributed by atoms with Gasteiger partial charge in [-0.3, -0.25) is 4.79 Å². The van der Waals surface area contributed by atoms with Crippen molar-refractivity contribution in [3.63, 3.8) is 0 Å². The fourth-order valence-corrected chi connectivity index (χ4v) is 9.20. The Morgan fingerprint density at radius 2 is 1.06 bits per heavy atom. The minimum absolute atomic E-state index is 0. The van der Waals surface area contributed by atoms with Crippen LogP contribution < -0.4 is 10.3 Å². The SMILES string of the molecule is C.Cn1cc(C(F)(F)F)nc1-c1ccc(Cn2ncc3cnc(-c4c(C5CC5)nc[nH]c4=O)nc32)cc1.Cn1cc(C(F)(F)F)nc1-c1ccc(Cn2ncc3cnc(-c4c(OCc5ccccc5)ncnc4C4CC4)nc32)cc1.[CH3-].[Pd]. The number of halogens is 6. The standard InChI is InChI=1S/C31H25F3N8O.C24H19F3N8O.CH4.CH3.Pd/c1-41-16-24(31(32,33)34)39-28(41)22-9-7-19(8-10-22)15-42-29-23(14-38-42)13-35-27(40-29)25-26(21-11-12-21)36-18-37-30(25)43-17-20-5-3-2-4-6-20;1-34-11-17(24(25,26)27)32-21(34)15-4-2-13(3-5-15)10-35-22-16(9-31-35)8-28-20(33-22)18-19(14-6-7-14)29-12-30-23(18)36;;;/h2-10,13-14,16,18,21H,11-12,15,17H2,1H3;2-5,8-9,11-12,14H,6-7,10H2,1H3,(H,29,30,36);1H4;1H3;/q;;;-1;. The van der Waals surface area contributed by atoms with Crippen molar-refractivity contribution in [1.82, 2.24) is 78.5 Å². The summed E-state index contributed by atoms with van der Waals surface area (Å²) in [5.74, 6) is 2.22. The number of hydrogen-bond donors (Lipinski definition) is 1. The van der Waals surface area contributed by atoms with Crippen molar-refractivity contribution in [3.8, 4) is 51.4 Å². The molecule has 82 heavy (non-hydrogen) atoms. The van der Waals surface area contributed by atoms with E-state index in [1.807, 2.05) is 54.6 Å². The Labute approximate surface area is 478 Å². The van der Waals surface area contributed by atoms with E-state index in [0.29, 0.717) is 82.4 Å². The number of H-pyrrole nitrogens is 1.